The average molecular weight is 373 g/mol. The number of nitrogens with one attached hydrogen (secondary N) is 2. The minimum Gasteiger partial charge on any atom is -0.448 e. The van der Waals surface area contributed by atoms with E-state index in [2.05, 4.69) is 10.6 Å². The minimum absolute atomic E-state index is 0.122. The molecule has 1 unspecified atom stereocenters. The second kappa shape index (κ2) is 8.50. The van der Waals surface area contributed by atoms with E-state index in [1.54, 1.807) is 29.2 Å². The molecule has 7 nitrogen and oxygen atoms in total. The van der Waals surface area contributed by atoms with Gasteiger partial charge in [0.1, 0.15) is 12.4 Å². The summed E-state index contributed by atoms with van der Waals surface area (Å²) >= 11 is 0. The molecule has 0 saturated carbocycles. The summed E-state index contributed by atoms with van der Waals surface area (Å²) in [6.45, 7) is 1.17. The average Bonchev–Trinajstić information content (AvgIpc) is 3.05. The molecule has 2 aromatic rings. The van der Waals surface area contributed by atoms with Crippen LogP contribution in [0.5, 0.6) is 0 Å². The van der Waals surface area contributed by atoms with E-state index in [4.69, 9.17) is 4.74 Å². The van der Waals surface area contributed by atoms with Crippen LogP contribution in [-0.2, 0) is 11.3 Å². The number of hydrogen-bond donors (Lipinski definition) is 3. The Labute approximate surface area is 155 Å². The molecule has 27 heavy (non-hydrogen) atoms. The van der Waals surface area contributed by atoms with E-state index in [0.29, 0.717) is 25.4 Å². The number of ether oxygens (including phenoxy) is 1. The van der Waals surface area contributed by atoms with Crippen molar-refractivity contribution in [2.75, 3.05) is 25.0 Å². The molecule has 0 radical (unpaired) electrons. The Kier molecular flexibility index (Phi) is 5.87. The molecule has 0 aromatic heterocycles. The monoisotopic (exact) mass is 373 g/mol. The number of anilines is 1. The zero-order valence-corrected chi connectivity index (χ0v) is 14.5. The Morgan fingerprint density at radius 1 is 1.26 bits per heavy atom. The van der Waals surface area contributed by atoms with Crippen LogP contribution in [0.15, 0.2) is 48.5 Å². The second-order valence-corrected chi connectivity index (χ2v) is 6.11. The number of benzene rings is 2. The van der Waals surface area contributed by atoms with Gasteiger partial charge in [-0.3, -0.25) is 0 Å². The summed E-state index contributed by atoms with van der Waals surface area (Å²) in [6, 6.07) is 12.4. The zero-order valence-electron chi connectivity index (χ0n) is 14.5. The van der Waals surface area contributed by atoms with Crippen LogP contribution in [0.3, 0.4) is 0 Å². The van der Waals surface area contributed by atoms with E-state index >= 15 is 0 Å². The molecule has 1 aliphatic rings. The van der Waals surface area contributed by atoms with Crippen molar-refractivity contribution in [3.8, 4) is 0 Å². The molecule has 3 rings (SSSR count). The normalized spacial score (nSPS) is 14.6. The van der Waals surface area contributed by atoms with Crippen molar-refractivity contribution in [3.63, 3.8) is 0 Å². The maximum atomic E-state index is 13.6. The van der Waals surface area contributed by atoms with Crippen molar-refractivity contribution >= 4 is 17.8 Å². The highest BCUT2D eigenvalue weighted by atomic mass is 19.1. The lowest BCUT2D eigenvalue weighted by Crippen LogP contribution is -2.32. The quantitative estimate of drug-likeness (QED) is 0.726. The molecule has 0 spiro atoms. The molecule has 0 bridgehead atoms. The molecule has 1 heterocycles. The molecule has 8 heteroatoms. The Morgan fingerprint density at radius 2 is 2.07 bits per heavy atom. The summed E-state index contributed by atoms with van der Waals surface area (Å²) in [6.07, 6.45) is -1.50. The molecule has 0 aliphatic carbocycles. The SMILES string of the molecule is O=C(NCC(O)c1ccccc1F)Nc1cccc(CN2CCOC2=O)c1. The lowest BCUT2D eigenvalue weighted by Gasteiger charge is -2.15. The molecule has 3 amide bonds. The first kappa shape index (κ1) is 18.7. The number of aliphatic hydroxyl groups excluding tert-OH is 1. The predicted molar refractivity (Wildman–Crippen MR) is 96.6 cm³/mol. The molecule has 1 saturated heterocycles. The topological polar surface area (TPSA) is 90.9 Å². The van der Waals surface area contributed by atoms with Gasteiger partial charge in [-0.05, 0) is 23.8 Å². The fraction of sp³-hybridized carbons (Fsp3) is 0.263. The first-order chi connectivity index (χ1) is 13.0. The van der Waals surface area contributed by atoms with E-state index in [-0.39, 0.29) is 18.2 Å². The highest BCUT2D eigenvalue weighted by Crippen LogP contribution is 2.17. The lowest BCUT2D eigenvalue weighted by atomic mass is 10.1. The number of hydrogen-bond acceptors (Lipinski definition) is 4. The number of carbonyl (C=O) groups is 2. The standard InChI is InChI=1S/C19H20FN3O4/c20-16-7-2-1-6-15(16)17(24)11-21-18(25)22-14-5-3-4-13(10-14)12-23-8-9-27-19(23)26/h1-7,10,17,24H,8-9,11-12H2,(H2,21,22,25). The Balaban J connectivity index is 1.52. The summed E-state index contributed by atoms with van der Waals surface area (Å²) in [4.78, 5) is 25.1. The first-order valence-corrected chi connectivity index (χ1v) is 8.51. The maximum Gasteiger partial charge on any atom is 0.410 e. The third-order valence-corrected chi connectivity index (χ3v) is 4.12. The fourth-order valence-corrected chi connectivity index (χ4v) is 2.76. The molecular weight excluding hydrogens is 353 g/mol. The summed E-state index contributed by atoms with van der Waals surface area (Å²) in [5, 5.41) is 15.2. The summed E-state index contributed by atoms with van der Waals surface area (Å²) < 4.78 is 18.5. The van der Waals surface area contributed by atoms with Gasteiger partial charge < -0.3 is 25.4 Å². The number of rotatable bonds is 6. The largest absolute Gasteiger partial charge is 0.448 e. The Morgan fingerprint density at radius 3 is 2.81 bits per heavy atom. The van der Waals surface area contributed by atoms with Gasteiger partial charge >= 0.3 is 12.1 Å². The molecule has 142 valence electrons. The number of aliphatic hydroxyl groups is 1. The van der Waals surface area contributed by atoms with Crippen molar-refractivity contribution in [1.29, 1.82) is 0 Å². The molecular formula is C19H20FN3O4. The van der Waals surface area contributed by atoms with Crippen LogP contribution in [0, 0.1) is 5.82 Å². The van der Waals surface area contributed by atoms with E-state index in [0.717, 1.165) is 5.56 Å². The summed E-state index contributed by atoms with van der Waals surface area (Å²) in [5.74, 6) is -0.527. The highest BCUT2D eigenvalue weighted by Gasteiger charge is 2.21. The fourth-order valence-electron chi connectivity index (χ4n) is 2.76. The van der Waals surface area contributed by atoms with Gasteiger partial charge in [0.2, 0.25) is 0 Å². The van der Waals surface area contributed by atoms with Crippen LogP contribution in [0.4, 0.5) is 19.7 Å². The molecule has 2 aromatic carbocycles. The molecule has 1 fully saturated rings. The summed E-state index contributed by atoms with van der Waals surface area (Å²) in [5.41, 5.74) is 1.51. The van der Waals surface area contributed by atoms with Crippen LogP contribution in [0.2, 0.25) is 0 Å². The van der Waals surface area contributed by atoms with Crippen LogP contribution in [0.1, 0.15) is 17.2 Å². The Hall–Kier alpha value is -3.13. The van der Waals surface area contributed by atoms with Gasteiger partial charge in [-0.2, -0.15) is 0 Å². The third-order valence-electron chi connectivity index (χ3n) is 4.12. The van der Waals surface area contributed by atoms with Crippen LogP contribution in [0.25, 0.3) is 0 Å². The number of halogens is 1. The number of urea groups is 1. The van der Waals surface area contributed by atoms with Gasteiger partial charge in [0.05, 0.1) is 12.6 Å². The van der Waals surface area contributed by atoms with Gasteiger partial charge in [0, 0.05) is 24.3 Å². The van der Waals surface area contributed by atoms with E-state index in [1.165, 1.54) is 18.2 Å². The minimum atomic E-state index is -1.15. The number of amides is 3. The number of carbonyl (C=O) groups excluding carboxylic acids is 2. The second-order valence-electron chi connectivity index (χ2n) is 6.11. The van der Waals surface area contributed by atoms with E-state index in [9.17, 15) is 19.1 Å². The van der Waals surface area contributed by atoms with Crippen molar-refractivity contribution in [3.05, 3.63) is 65.5 Å². The smallest absolute Gasteiger partial charge is 0.410 e. The van der Waals surface area contributed by atoms with E-state index in [1.807, 2.05) is 6.07 Å². The predicted octanol–water partition coefficient (Wildman–Crippen LogP) is 2.63. The van der Waals surface area contributed by atoms with Crippen molar-refractivity contribution in [2.24, 2.45) is 0 Å². The van der Waals surface area contributed by atoms with Gasteiger partial charge in [-0.1, -0.05) is 30.3 Å². The van der Waals surface area contributed by atoms with Gasteiger partial charge in [0.25, 0.3) is 0 Å². The Bertz CT molecular complexity index is 830. The summed E-state index contributed by atoms with van der Waals surface area (Å²) in [7, 11) is 0. The number of nitrogens with zero attached hydrogens (tertiary/aromatic N) is 1. The van der Waals surface area contributed by atoms with Crippen LogP contribution >= 0.6 is 0 Å². The van der Waals surface area contributed by atoms with Crippen molar-refractivity contribution in [1.82, 2.24) is 10.2 Å². The number of cyclic esters (lactones) is 1. The van der Waals surface area contributed by atoms with Crippen molar-refractivity contribution < 1.29 is 23.8 Å². The zero-order chi connectivity index (χ0) is 19.2. The first-order valence-electron chi connectivity index (χ1n) is 8.51. The molecule has 1 aliphatic heterocycles. The third kappa shape index (κ3) is 4.95. The van der Waals surface area contributed by atoms with Gasteiger partial charge in [-0.25, -0.2) is 14.0 Å². The van der Waals surface area contributed by atoms with Crippen molar-refractivity contribution in [2.45, 2.75) is 12.6 Å². The van der Waals surface area contributed by atoms with Gasteiger partial charge in [0.15, 0.2) is 0 Å². The lowest BCUT2D eigenvalue weighted by molar-refractivity contribution is 0.157. The molecule has 1 atom stereocenters. The maximum absolute atomic E-state index is 13.6. The molecule has 3 N–H and O–H groups in total. The van der Waals surface area contributed by atoms with Crippen LogP contribution < -0.4 is 10.6 Å². The van der Waals surface area contributed by atoms with Crippen LogP contribution in [-0.4, -0.2) is 41.8 Å². The van der Waals surface area contributed by atoms with Gasteiger partial charge in [-0.15, -0.1) is 0 Å². The highest BCUT2D eigenvalue weighted by molar-refractivity contribution is 5.89. The van der Waals surface area contributed by atoms with E-state index < -0.39 is 18.0 Å².